The Bertz CT molecular complexity index is 627. The molecule has 2 unspecified atom stereocenters. The molecule has 1 aliphatic rings. The highest BCUT2D eigenvalue weighted by Gasteiger charge is 2.21. The van der Waals surface area contributed by atoms with Gasteiger partial charge in [-0.05, 0) is 25.1 Å². The maximum absolute atomic E-state index is 6.15. The molecule has 0 saturated carbocycles. The summed E-state index contributed by atoms with van der Waals surface area (Å²) in [5.74, 6) is 1.62. The van der Waals surface area contributed by atoms with Gasteiger partial charge in [0.15, 0.2) is 11.5 Å². The molecule has 2 heterocycles. The smallest absolute Gasteiger partial charge is 0.162 e. The average molecular weight is 305 g/mol. The summed E-state index contributed by atoms with van der Waals surface area (Å²) < 4.78 is 13.0. The van der Waals surface area contributed by atoms with Gasteiger partial charge in [0.2, 0.25) is 0 Å². The van der Waals surface area contributed by atoms with Gasteiger partial charge in [0, 0.05) is 29.7 Å². The Morgan fingerprint density at radius 2 is 2.05 bits per heavy atom. The van der Waals surface area contributed by atoms with E-state index >= 15 is 0 Å². The van der Waals surface area contributed by atoms with Crippen molar-refractivity contribution < 1.29 is 9.47 Å². The molecule has 0 radical (unpaired) electrons. The zero-order valence-corrected chi connectivity index (χ0v) is 13.0. The summed E-state index contributed by atoms with van der Waals surface area (Å²) in [6.45, 7) is 3.22. The number of benzene rings is 1. The van der Waals surface area contributed by atoms with E-state index in [1.54, 1.807) is 16.4 Å². The van der Waals surface area contributed by atoms with Crippen LogP contribution >= 0.6 is 11.8 Å². The van der Waals surface area contributed by atoms with Crippen LogP contribution in [0.5, 0.6) is 11.5 Å². The first-order valence-electron chi connectivity index (χ1n) is 6.94. The van der Waals surface area contributed by atoms with Gasteiger partial charge in [0.1, 0.15) is 13.2 Å². The van der Waals surface area contributed by atoms with Crippen LogP contribution in [0.25, 0.3) is 0 Å². The van der Waals surface area contributed by atoms with E-state index in [0.29, 0.717) is 13.2 Å². The number of aryl methyl sites for hydroxylation is 1. The largest absolute Gasteiger partial charge is 0.486 e. The van der Waals surface area contributed by atoms with Gasteiger partial charge in [-0.2, -0.15) is 5.10 Å². The number of ether oxygens (including phenoxy) is 2. The van der Waals surface area contributed by atoms with E-state index in [-0.39, 0.29) is 11.3 Å². The van der Waals surface area contributed by atoms with E-state index in [4.69, 9.17) is 15.2 Å². The molecule has 0 spiro atoms. The van der Waals surface area contributed by atoms with Crippen LogP contribution in [0.1, 0.15) is 17.7 Å². The Kier molecular flexibility index (Phi) is 4.07. The number of fused-ring (bicyclic) bond motifs is 1. The van der Waals surface area contributed by atoms with Crippen molar-refractivity contribution in [3.63, 3.8) is 0 Å². The maximum Gasteiger partial charge on any atom is 0.162 e. The molecule has 21 heavy (non-hydrogen) atoms. The van der Waals surface area contributed by atoms with Crippen molar-refractivity contribution in [2.24, 2.45) is 12.8 Å². The third-order valence-electron chi connectivity index (χ3n) is 3.31. The summed E-state index contributed by atoms with van der Waals surface area (Å²) >= 11 is 1.72. The second-order valence-electron chi connectivity index (χ2n) is 5.15. The minimum atomic E-state index is 0.0207. The summed E-state index contributed by atoms with van der Waals surface area (Å²) in [6.07, 6.45) is 3.89. The van der Waals surface area contributed by atoms with Gasteiger partial charge < -0.3 is 15.2 Å². The van der Waals surface area contributed by atoms with Crippen LogP contribution in [0, 0.1) is 0 Å². The molecule has 2 aromatic rings. The Labute approximate surface area is 128 Å². The van der Waals surface area contributed by atoms with Gasteiger partial charge in [-0.15, -0.1) is 11.8 Å². The molecule has 0 fully saturated rings. The molecule has 2 N–H and O–H groups in total. The lowest BCUT2D eigenvalue weighted by molar-refractivity contribution is 0.171. The molecule has 0 aliphatic carbocycles. The monoisotopic (exact) mass is 305 g/mol. The lowest BCUT2D eigenvalue weighted by Crippen LogP contribution is -2.22. The predicted molar refractivity (Wildman–Crippen MR) is 82.9 cm³/mol. The van der Waals surface area contributed by atoms with Crippen molar-refractivity contribution in [2.45, 2.75) is 23.1 Å². The fourth-order valence-electron chi connectivity index (χ4n) is 2.31. The van der Waals surface area contributed by atoms with Crippen molar-refractivity contribution in [3.8, 4) is 11.5 Å². The highest BCUT2D eigenvalue weighted by atomic mass is 32.2. The number of rotatable bonds is 4. The molecule has 2 atom stereocenters. The number of nitrogens with two attached hydrogens (primary N) is 1. The number of aromatic nitrogens is 2. The number of thioether (sulfide) groups is 1. The van der Waals surface area contributed by atoms with Crippen LogP contribution in [-0.4, -0.2) is 29.0 Å². The number of nitrogens with zero attached hydrogens (tertiary/aromatic N) is 2. The van der Waals surface area contributed by atoms with E-state index in [1.807, 2.05) is 44.6 Å². The van der Waals surface area contributed by atoms with E-state index in [9.17, 15) is 0 Å². The van der Waals surface area contributed by atoms with Crippen LogP contribution in [0.4, 0.5) is 0 Å². The minimum Gasteiger partial charge on any atom is -0.486 e. The average Bonchev–Trinajstić information content (AvgIpc) is 2.90. The highest BCUT2D eigenvalue weighted by molar-refractivity contribution is 7.99. The first-order chi connectivity index (χ1) is 10.1. The second-order valence-corrected chi connectivity index (χ2v) is 6.37. The molecule has 5 nitrogen and oxygen atoms in total. The molecule has 112 valence electrons. The van der Waals surface area contributed by atoms with Crippen molar-refractivity contribution in [2.75, 3.05) is 13.2 Å². The SMILES string of the molecule is CC(N)C(Sc1ccc2c(c1)OCCO2)c1cnn(C)c1. The first-order valence-corrected chi connectivity index (χ1v) is 7.82. The van der Waals surface area contributed by atoms with E-state index in [1.165, 1.54) is 0 Å². The van der Waals surface area contributed by atoms with E-state index < -0.39 is 0 Å². The second kappa shape index (κ2) is 5.99. The fourth-order valence-corrected chi connectivity index (χ4v) is 3.40. The summed E-state index contributed by atoms with van der Waals surface area (Å²) in [6, 6.07) is 6.04. The number of hydrogen-bond donors (Lipinski definition) is 1. The van der Waals surface area contributed by atoms with Gasteiger partial charge in [0.25, 0.3) is 0 Å². The van der Waals surface area contributed by atoms with Gasteiger partial charge in [-0.1, -0.05) is 0 Å². The lowest BCUT2D eigenvalue weighted by Gasteiger charge is -2.22. The Morgan fingerprint density at radius 3 is 2.71 bits per heavy atom. The van der Waals surface area contributed by atoms with Gasteiger partial charge >= 0.3 is 0 Å². The maximum atomic E-state index is 6.15. The summed E-state index contributed by atoms with van der Waals surface area (Å²) in [5.41, 5.74) is 7.28. The summed E-state index contributed by atoms with van der Waals surface area (Å²) in [4.78, 5) is 1.12. The van der Waals surface area contributed by atoms with Crippen molar-refractivity contribution >= 4 is 11.8 Å². The van der Waals surface area contributed by atoms with Gasteiger partial charge in [-0.3, -0.25) is 4.68 Å². The topological polar surface area (TPSA) is 62.3 Å². The Balaban J connectivity index is 1.83. The summed E-state index contributed by atoms with van der Waals surface area (Å²) in [5, 5.41) is 4.39. The molecular weight excluding hydrogens is 286 g/mol. The standard InChI is InChI=1S/C15H19N3O2S/c1-10(16)15(11-8-17-18(2)9-11)21-12-3-4-13-14(7-12)20-6-5-19-13/h3-4,7-10,15H,5-6,16H2,1-2H3. The van der Waals surface area contributed by atoms with Crippen LogP contribution in [-0.2, 0) is 7.05 Å². The summed E-state index contributed by atoms with van der Waals surface area (Å²) in [7, 11) is 1.91. The number of hydrogen-bond acceptors (Lipinski definition) is 5. The van der Waals surface area contributed by atoms with Crippen LogP contribution in [0.3, 0.4) is 0 Å². The molecule has 0 saturated heterocycles. The quantitative estimate of drug-likeness (QED) is 0.879. The predicted octanol–water partition coefficient (Wildman–Crippen LogP) is 2.37. The van der Waals surface area contributed by atoms with Gasteiger partial charge in [-0.25, -0.2) is 0 Å². The molecule has 0 bridgehead atoms. The third-order valence-corrected chi connectivity index (χ3v) is 4.79. The molecule has 0 amide bonds. The van der Waals surface area contributed by atoms with Gasteiger partial charge in [0.05, 0.1) is 11.4 Å². The molecule has 1 aromatic carbocycles. The Morgan fingerprint density at radius 1 is 1.29 bits per heavy atom. The zero-order valence-electron chi connectivity index (χ0n) is 12.2. The van der Waals surface area contributed by atoms with Crippen molar-refractivity contribution in [1.82, 2.24) is 9.78 Å². The Hall–Kier alpha value is -1.66. The first kappa shape index (κ1) is 14.3. The molecule has 6 heteroatoms. The molecule has 3 rings (SSSR count). The van der Waals surface area contributed by atoms with E-state index in [0.717, 1.165) is 22.0 Å². The molecule has 1 aromatic heterocycles. The van der Waals surface area contributed by atoms with Crippen molar-refractivity contribution in [3.05, 3.63) is 36.2 Å². The van der Waals surface area contributed by atoms with E-state index in [2.05, 4.69) is 5.10 Å². The van der Waals surface area contributed by atoms with Crippen molar-refractivity contribution in [1.29, 1.82) is 0 Å². The third kappa shape index (κ3) is 3.16. The molecular formula is C15H19N3O2S. The molecule has 1 aliphatic heterocycles. The zero-order chi connectivity index (χ0) is 14.8. The lowest BCUT2D eigenvalue weighted by atomic mass is 10.1. The highest BCUT2D eigenvalue weighted by Crippen LogP contribution is 2.41. The fraction of sp³-hybridized carbons (Fsp3) is 0.400. The van der Waals surface area contributed by atoms with Crippen LogP contribution in [0.15, 0.2) is 35.5 Å². The van der Waals surface area contributed by atoms with Crippen LogP contribution < -0.4 is 15.2 Å². The van der Waals surface area contributed by atoms with Crippen LogP contribution in [0.2, 0.25) is 0 Å². The normalized spacial score (nSPS) is 16.5. The minimum absolute atomic E-state index is 0.0207.